The van der Waals surface area contributed by atoms with Crippen LogP contribution in [0.2, 0.25) is 5.02 Å². The van der Waals surface area contributed by atoms with Crippen molar-refractivity contribution in [2.75, 3.05) is 17.2 Å². The largest absolute Gasteiger partial charge is 0.361 e. The molecule has 3 aromatic carbocycles. The number of rotatable bonds is 12. The normalized spacial score (nSPS) is 11.5. The summed E-state index contributed by atoms with van der Waals surface area (Å²) in [5, 5.41) is 13.2. The highest BCUT2D eigenvalue weighted by Crippen LogP contribution is 2.20. The average molecular weight is 616 g/mol. The van der Waals surface area contributed by atoms with Crippen molar-refractivity contribution in [1.29, 1.82) is 0 Å². The summed E-state index contributed by atoms with van der Waals surface area (Å²) in [6, 6.07) is 21.4. The van der Waals surface area contributed by atoms with E-state index in [1.54, 1.807) is 23.1 Å². The van der Waals surface area contributed by atoms with Gasteiger partial charge in [0.1, 0.15) is 11.5 Å². The first-order valence-electron chi connectivity index (χ1n) is 14.6. The van der Waals surface area contributed by atoms with Gasteiger partial charge in [0.25, 0.3) is 5.91 Å². The zero-order chi connectivity index (χ0) is 31.6. The molecule has 1 atom stereocenters. The van der Waals surface area contributed by atoms with Gasteiger partial charge in [-0.15, -0.1) is 0 Å². The maximum Gasteiger partial charge on any atom is 0.323 e. The number of para-hydroxylation sites is 1. The van der Waals surface area contributed by atoms with Crippen LogP contribution in [0, 0.1) is 13.8 Å². The summed E-state index contributed by atoms with van der Waals surface area (Å²) in [5.41, 5.74) is 5.08. The van der Waals surface area contributed by atoms with E-state index in [1.807, 2.05) is 82.3 Å². The van der Waals surface area contributed by atoms with Crippen LogP contribution in [-0.4, -0.2) is 40.5 Å². The SMILES string of the molecule is CCCN(Cc1cc(CC(C)NC(=O)c2c(C)cccc2Cl)on1)C(=O)Cc1ccc(NC(=O)Nc2ccccc2C)cc1. The van der Waals surface area contributed by atoms with E-state index >= 15 is 0 Å². The molecule has 1 unspecified atom stereocenters. The van der Waals surface area contributed by atoms with Crippen molar-refractivity contribution in [3.63, 3.8) is 0 Å². The molecule has 0 aliphatic heterocycles. The third-order valence-corrected chi connectivity index (χ3v) is 7.42. The van der Waals surface area contributed by atoms with Gasteiger partial charge in [-0.2, -0.15) is 0 Å². The van der Waals surface area contributed by atoms with E-state index in [-0.39, 0.29) is 30.3 Å². The fourth-order valence-electron chi connectivity index (χ4n) is 4.84. The molecule has 0 fully saturated rings. The summed E-state index contributed by atoms with van der Waals surface area (Å²) in [6.45, 7) is 8.56. The van der Waals surface area contributed by atoms with E-state index in [9.17, 15) is 14.4 Å². The molecule has 10 heteroatoms. The van der Waals surface area contributed by atoms with Crippen LogP contribution in [0.4, 0.5) is 16.2 Å². The van der Waals surface area contributed by atoms with Gasteiger partial charge in [0.2, 0.25) is 5.91 Å². The van der Waals surface area contributed by atoms with Gasteiger partial charge >= 0.3 is 6.03 Å². The number of amides is 4. The van der Waals surface area contributed by atoms with Crippen LogP contribution in [0.15, 0.2) is 77.3 Å². The van der Waals surface area contributed by atoms with Crippen LogP contribution in [-0.2, 0) is 24.2 Å². The van der Waals surface area contributed by atoms with Crippen LogP contribution in [0.3, 0.4) is 0 Å². The van der Waals surface area contributed by atoms with Crippen LogP contribution >= 0.6 is 11.6 Å². The number of carbonyl (C=O) groups is 3. The van der Waals surface area contributed by atoms with Crippen molar-refractivity contribution in [1.82, 2.24) is 15.4 Å². The van der Waals surface area contributed by atoms with Crippen molar-refractivity contribution in [3.8, 4) is 0 Å². The first kappa shape index (κ1) is 32.3. The highest BCUT2D eigenvalue weighted by atomic mass is 35.5. The highest BCUT2D eigenvalue weighted by Gasteiger charge is 2.19. The summed E-state index contributed by atoms with van der Waals surface area (Å²) >= 11 is 6.24. The molecular weight excluding hydrogens is 578 g/mol. The summed E-state index contributed by atoms with van der Waals surface area (Å²) in [5.74, 6) is 0.335. The van der Waals surface area contributed by atoms with Crippen molar-refractivity contribution in [3.05, 3.63) is 112 Å². The second-order valence-electron chi connectivity index (χ2n) is 10.9. The third-order valence-electron chi connectivity index (χ3n) is 7.10. The predicted octanol–water partition coefficient (Wildman–Crippen LogP) is 6.93. The molecule has 9 nitrogen and oxygen atoms in total. The molecule has 0 saturated heterocycles. The van der Waals surface area contributed by atoms with Gasteiger partial charge in [-0.1, -0.05) is 66.1 Å². The lowest BCUT2D eigenvalue weighted by molar-refractivity contribution is -0.131. The molecule has 1 aromatic heterocycles. The number of aromatic nitrogens is 1. The van der Waals surface area contributed by atoms with Gasteiger partial charge in [-0.25, -0.2) is 4.79 Å². The molecule has 230 valence electrons. The van der Waals surface area contributed by atoms with Gasteiger partial charge < -0.3 is 25.4 Å². The molecular formula is C34H38ClN5O4. The molecule has 3 N–H and O–H groups in total. The van der Waals surface area contributed by atoms with Crippen molar-refractivity contribution >= 4 is 40.8 Å². The molecule has 0 aliphatic rings. The number of carbonyl (C=O) groups excluding carboxylic acids is 3. The number of hydrogen-bond donors (Lipinski definition) is 3. The Labute approximate surface area is 263 Å². The van der Waals surface area contributed by atoms with Gasteiger partial charge in [0.15, 0.2) is 0 Å². The van der Waals surface area contributed by atoms with Gasteiger partial charge in [-0.05, 0) is 68.1 Å². The number of nitrogens with one attached hydrogen (secondary N) is 3. The molecule has 4 rings (SSSR count). The molecule has 44 heavy (non-hydrogen) atoms. The van der Waals surface area contributed by atoms with E-state index in [4.69, 9.17) is 16.1 Å². The second-order valence-corrected chi connectivity index (χ2v) is 11.3. The molecule has 0 spiro atoms. The Hall–Kier alpha value is -4.63. The van der Waals surface area contributed by atoms with Crippen molar-refractivity contribution in [2.24, 2.45) is 0 Å². The van der Waals surface area contributed by atoms with Crippen LogP contribution in [0.5, 0.6) is 0 Å². The maximum absolute atomic E-state index is 13.2. The van der Waals surface area contributed by atoms with Crippen LogP contribution in [0.1, 0.15) is 58.8 Å². The zero-order valence-electron chi connectivity index (χ0n) is 25.4. The van der Waals surface area contributed by atoms with E-state index < -0.39 is 0 Å². The molecule has 0 bridgehead atoms. The monoisotopic (exact) mass is 615 g/mol. The van der Waals surface area contributed by atoms with Gasteiger partial charge in [-0.3, -0.25) is 9.59 Å². The number of urea groups is 1. The Balaban J connectivity index is 1.29. The quantitative estimate of drug-likeness (QED) is 0.160. The Morgan fingerprint density at radius 2 is 1.68 bits per heavy atom. The van der Waals surface area contributed by atoms with Gasteiger partial charge in [0.05, 0.1) is 23.6 Å². The zero-order valence-corrected chi connectivity index (χ0v) is 26.2. The van der Waals surface area contributed by atoms with Crippen molar-refractivity contribution in [2.45, 2.75) is 59.5 Å². The first-order valence-corrected chi connectivity index (χ1v) is 15.0. The fraction of sp³-hybridized carbons (Fsp3) is 0.294. The van der Waals surface area contributed by atoms with E-state index in [2.05, 4.69) is 21.1 Å². The molecule has 0 radical (unpaired) electrons. The Bertz CT molecular complexity index is 1580. The van der Waals surface area contributed by atoms with Crippen LogP contribution < -0.4 is 16.0 Å². The summed E-state index contributed by atoms with van der Waals surface area (Å²) in [4.78, 5) is 40.2. The molecule has 1 heterocycles. The smallest absolute Gasteiger partial charge is 0.323 e. The molecule has 4 amide bonds. The number of nitrogens with zero attached hydrogens (tertiary/aromatic N) is 2. The second kappa shape index (κ2) is 15.2. The summed E-state index contributed by atoms with van der Waals surface area (Å²) < 4.78 is 5.53. The fourth-order valence-corrected chi connectivity index (χ4v) is 5.15. The lowest BCUT2D eigenvalue weighted by Gasteiger charge is -2.21. The Kier molecular flexibility index (Phi) is 11.2. The third kappa shape index (κ3) is 8.94. The molecule has 4 aromatic rings. The minimum absolute atomic E-state index is 0.0369. The first-order chi connectivity index (χ1) is 21.1. The Morgan fingerprint density at radius 3 is 2.39 bits per heavy atom. The number of anilines is 2. The average Bonchev–Trinajstić information content (AvgIpc) is 3.41. The standard InChI is InChI=1S/C34H38ClN5O4/c1-5-17-40(21-27-20-28(44-39-27)18-24(4)36-33(42)32-23(3)10-8-11-29(32)35)31(41)19-25-13-15-26(16-14-25)37-34(43)38-30-12-7-6-9-22(30)2/h6-16,20,24H,5,17-19,21H2,1-4H3,(H,36,42)(H2,37,38,43). The number of halogens is 1. The minimum Gasteiger partial charge on any atom is -0.361 e. The van der Waals surface area contributed by atoms with Gasteiger partial charge in [0, 0.05) is 36.4 Å². The van der Waals surface area contributed by atoms with E-state index in [1.165, 1.54) is 0 Å². The van der Waals surface area contributed by atoms with Crippen molar-refractivity contribution < 1.29 is 18.9 Å². The highest BCUT2D eigenvalue weighted by molar-refractivity contribution is 6.34. The summed E-state index contributed by atoms with van der Waals surface area (Å²) in [7, 11) is 0. The van der Waals surface area contributed by atoms with E-state index in [0.717, 1.165) is 28.8 Å². The predicted molar refractivity (Wildman–Crippen MR) is 173 cm³/mol. The Morgan fingerprint density at radius 1 is 0.955 bits per heavy atom. The van der Waals surface area contributed by atoms with E-state index in [0.29, 0.717) is 47.2 Å². The van der Waals surface area contributed by atoms with Crippen LogP contribution in [0.25, 0.3) is 0 Å². The number of benzene rings is 3. The minimum atomic E-state index is -0.336. The topological polar surface area (TPSA) is 117 Å². The molecule has 0 saturated carbocycles. The number of aryl methyl sites for hydroxylation is 2. The maximum atomic E-state index is 13.2. The lowest BCUT2D eigenvalue weighted by atomic mass is 10.1. The molecule has 0 aliphatic carbocycles. The summed E-state index contributed by atoms with van der Waals surface area (Å²) in [6.07, 6.45) is 1.44. The lowest BCUT2D eigenvalue weighted by Crippen LogP contribution is -2.34. The number of hydrogen-bond acceptors (Lipinski definition) is 5.